The number of fused-ring (bicyclic) bond motifs is 2. The van der Waals surface area contributed by atoms with E-state index in [4.69, 9.17) is 0 Å². The van der Waals surface area contributed by atoms with E-state index in [0.717, 1.165) is 47.6 Å². The van der Waals surface area contributed by atoms with Crippen molar-refractivity contribution in [2.24, 2.45) is 0 Å². The Balaban J connectivity index is 1.43. The first-order valence-electron chi connectivity index (χ1n) is 11.6. The van der Waals surface area contributed by atoms with Crippen LogP contribution in [-0.2, 0) is 30.8 Å². The molecule has 1 aliphatic heterocycles. The van der Waals surface area contributed by atoms with Crippen molar-refractivity contribution in [3.63, 3.8) is 0 Å². The highest BCUT2D eigenvalue weighted by atomic mass is 16.2. The lowest BCUT2D eigenvalue weighted by molar-refractivity contribution is -0.116. The number of nitrogens with zero attached hydrogens (tertiary/aromatic N) is 5. The van der Waals surface area contributed by atoms with E-state index in [9.17, 15) is 14.4 Å². The molecule has 2 aromatic carbocycles. The first-order valence-corrected chi connectivity index (χ1v) is 11.6. The van der Waals surface area contributed by atoms with Gasteiger partial charge in [-0.25, -0.2) is 4.79 Å². The van der Waals surface area contributed by atoms with E-state index in [0.29, 0.717) is 16.6 Å². The number of hydrogen-bond donors (Lipinski definition) is 1. The molecule has 174 valence electrons. The van der Waals surface area contributed by atoms with E-state index in [1.54, 1.807) is 37.3 Å². The van der Waals surface area contributed by atoms with Crippen molar-refractivity contribution in [3.8, 4) is 11.4 Å². The van der Waals surface area contributed by atoms with Gasteiger partial charge in [-0.2, -0.15) is 0 Å². The Labute approximate surface area is 195 Å². The Kier molecular flexibility index (Phi) is 5.83. The summed E-state index contributed by atoms with van der Waals surface area (Å²) in [6.07, 6.45) is 4.31. The van der Waals surface area contributed by atoms with Gasteiger partial charge in [-0.15, -0.1) is 10.2 Å². The van der Waals surface area contributed by atoms with Gasteiger partial charge in [0.1, 0.15) is 12.4 Å². The fraction of sp³-hybridized carbons (Fsp3) is 0.320. The van der Waals surface area contributed by atoms with Gasteiger partial charge in [-0.1, -0.05) is 30.7 Å². The maximum absolute atomic E-state index is 12.9. The molecule has 0 spiro atoms. The van der Waals surface area contributed by atoms with E-state index < -0.39 is 5.69 Å². The number of benzene rings is 2. The summed E-state index contributed by atoms with van der Waals surface area (Å²) in [6.45, 7) is 2.65. The van der Waals surface area contributed by atoms with Gasteiger partial charge in [0.15, 0.2) is 5.82 Å². The molecule has 0 saturated carbocycles. The van der Waals surface area contributed by atoms with Crippen LogP contribution in [0.25, 0.3) is 22.3 Å². The van der Waals surface area contributed by atoms with Gasteiger partial charge in [0.05, 0.1) is 10.9 Å². The van der Waals surface area contributed by atoms with Crippen LogP contribution in [0.2, 0.25) is 0 Å². The van der Waals surface area contributed by atoms with Gasteiger partial charge in [-0.05, 0) is 44.0 Å². The number of carbonyl (C=O) groups is 1. The molecule has 0 aliphatic carbocycles. The van der Waals surface area contributed by atoms with Gasteiger partial charge < -0.3 is 9.88 Å². The Morgan fingerprint density at radius 2 is 1.85 bits per heavy atom. The first kappa shape index (κ1) is 21.8. The molecule has 34 heavy (non-hydrogen) atoms. The zero-order chi connectivity index (χ0) is 23.7. The summed E-state index contributed by atoms with van der Waals surface area (Å²) >= 11 is 0. The lowest BCUT2D eigenvalue weighted by Crippen LogP contribution is -2.41. The van der Waals surface area contributed by atoms with Gasteiger partial charge in [0.25, 0.3) is 5.56 Å². The fourth-order valence-corrected chi connectivity index (χ4v) is 4.58. The van der Waals surface area contributed by atoms with Gasteiger partial charge >= 0.3 is 5.69 Å². The lowest BCUT2D eigenvalue weighted by Gasteiger charge is -2.13. The maximum Gasteiger partial charge on any atom is 0.331 e. The number of hydrogen-bond acceptors (Lipinski definition) is 5. The Morgan fingerprint density at radius 3 is 2.71 bits per heavy atom. The number of aromatic nitrogens is 5. The Bertz CT molecular complexity index is 1500. The van der Waals surface area contributed by atoms with Gasteiger partial charge in [-0.3, -0.25) is 18.7 Å². The largest absolute Gasteiger partial charge is 0.331 e. The summed E-state index contributed by atoms with van der Waals surface area (Å²) in [5, 5.41) is 12.0. The third-order valence-corrected chi connectivity index (χ3v) is 6.26. The number of anilines is 1. The highest BCUT2D eigenvalue weighted by Gasteiger charge is 2.17. The van der Waals surface area contributed by atoms with Crippen molar-refractivity contribution >= 4 is 22.5 Å². The summed E-state index contributed by atoms with van der Waals surface area (Å²) in [7, 11) is 0. The molecule has 1 aliphatic rings. The molecule has 0 fully saturated rings. The molecule has 0 saturated heterocycles. The highest BCUT2D eigenvalue weighted by molar-refractivity contribution is 5.92. The number of rotatable bonds is 5. The molecule has 0 atom stereocenters. The second-order valence-electron chi connectivity index (χ2n) is 8.47. The van der Waals surface area contributed by atoms with Crippen LogP contribution in [0.4, 0.5) is 5.69 Å². The van der Waals surface area contributed by atoms with Crippen LogP contribution in [0.3, 0.4) is 0 Å². The Hall–Kier alpha value is -4.01. The molecule has 9 nitrogen and oxygen atoms in total. The van der Waals surface area contributed by atoms with E-state index >= 15 is 0 Å². The first-order chi connectivity index (χ1) is 16.6. The standard InChI is InChI=1S/C25H26N6O3/c1-2-29-24(33)19-11-5-6-12-20(19)31(25(29)34)16-22(32)26-18-10-8-9-17(15-18)23-28-27-21-13-4-3-7-14-30(21)23/h5-6,8-12,15H,2-4,7,13-14,16H2,1H3,(H,26,32). The summed E-state index contributed by atoms with van der Waals surface area (Å²) < 4.78 is 4.65. The van der Waals surface area contributed by atoms with Crippen molar-refractivity contribution < 1.29 is 4.79 Å². The van der Waals surface area contributed by atoms with Crippen LogP contribution in [-0.4, -0.2) is 29.8 Å². The molecule has 0 radical (unpaired) electrons. The molecular formula is C25H26N6O3. The number of para-hydroxylation sites is 1. The monoisotopic (exact) mass is 458 g/mol. The molecule has 4 aromatic rings. The smallest absolute Gasteiger partial charge is 0.325 e. The van der Waals surface area contributed by atoms with Crippen molar-refractivity contribution in [2.75, 3.05) is 5.32 Å². The molecule has 2 aromatic heterocycles. The molecule has 1 amide bonds. The summed E-state index contributed by atoms with van der Waals surface area (Å²) in [5.74, 6) is 1.44. The fourth-order valence-electron chi connectivity index (χ4n) is 4.58. The van der Waals surface area contributed by atoms with E-state index in [1.165, 1.54) is 11.0 Å². The van der Waals surface area contributed by atoms with Crippen LogP contribution < -0.4 is 16.6 Å². The van der Waals surface area contributed by atoms with Crippen LogP contribution in [0.15, 0.2) is 58.1 Å². The lowest BCUT2D eigenvalue weighted by atomic mass is 10.2. The number of nitrogens with one attached hydrogen (secondary N) is 1. The normalized spacial score (nSPS) is 13.4. The summed E-state index contributed by atoms with van der Waals surface area (Å²) in [5.41, 5.74) is 1.08. The predicted octanol–water partition coefficient (Wildman–Crippen LogP) is 2.81. The SMILES string of the molecule is CCn1c(=O)c2ccccc2n(CC(=O)Nc2cccc(-c3nnc4n3CCCCC4)c2)c1=O. The summed E-state index contributed by atoms with van der Waals surface area (Å²) in [6, 6.07) is 14.3. The zero-order valence-corrected chi connectivity index (χ0v) is 19.0. The number of amides is 1. The van der Waals surface area contributed by atoms with Crippen molar-refractivity contribution in [3.05, 3.63) is 75.2 Å². The van der Waals surface area contributed by atoms with E-state index in [2.05, 4.69) is 20.1 Å². The van der Waals surface area contributed by atoms with Crippen LogP contribution in [0.5, 0.6) is 0 Å². The topological polar surface area (TPSA) is 104 Å². The van der Waals surface area contributed by atoms with Crippen molar-refractivity contribution in [1.29, 1.82) is 0 Å². The van der Waals surface area contributed by atoms with Gasteiger partial charge in [0, 0.05) is 30.8 Å². The average molecular weight is 459 g/mol. The minimum atomic E-state index is -0.499. The van der Waals surface area contributed by atoms with Crippen LogP contribution in [0.1, 0.15) is 32.0 Å². The van der Waals surface area contributed by atoms with Crippen LogP contribution in [0, 0.1) is 0 Å². The third-order valence-electron chi connectivity index (χ3n) is 6.26. The second-order valence-corrected chi connectivity index (χ2v) is 8.47. The van der Waals surface area contributed by atoms with E-state index in [-0.39, 0.29) is 24.6 Å². The quantitative estimate of drug-likeness (QED) is 0.495. The minimum absolute atomic E-state index is 0.204. The van der Waals surface area contributed by atoms with Crippen molar-refractivity contribution in [2.45, 2.75) is 52.2 Å². The predicted molar refractivity (Wildman–Crippen MR) is 130 cm³/mol. The minimum Gasteiger partial charge on any atom is -0.325 e. The Morgan fingerprint density at radius 1 is 1.00 bits per heavy atom. The van der Waals surface area contributed by atoms with Crippen molar-refractivity contribution in [1.82, 2.24) is 23.9 Å². The zero-order valence-electron chi connectivity index (χ0n) is 19.0. The molecule has 9 heteroatoms. The molecule has 1 N–H and O–H groups in total. The number of carbonyl (C=O) groups excluding carboxylic acids is 1. The molecule has 3 heterocycles. The second kappa shape index (κ2) is 9.09. The molecular weight excluding hydrogens is 432 g/mol. The third kappa shape index (κ3) is 3.93. The molecule has 0 bridgehead atoms. The molecule has 5 rings (SSSR count). The van der Waals surface area contributed by atoms with E-state index in [1.807, 2.05) is 18.2 Å². The summed E-state index contributed by atoms with van der Waals surface area (Å²) in [4.78, 5) is 38.5. The van der Waals surface area contributed by atoms with Gasteiger partial charge in [0.2, 0.25) is 5.91 Å². The maximum atomic E-state index is 12.9. The number of aryl methyl sites for hydroxylation is 1. The average Bonchev–Trinajstić information content (AvgIpc) is 3.10. The van der Waals surface area contributed by atoms with Crippen LogP contribution >= 0.6 is 0 Å². The molecule has 0 unspecified atom stereocenters. The highest BCUT2D eigenvalue weighted by Crippen LogP contribution is 2.25.